The fourth-order valence-electron chi connectivity index (χ4n) is 2.62. The van der Waals surface area contributed by atoms with Gasteiger partial charge in [-0.05, 0) is 30.2 Å². The molecule has 0 radical (unpaired) electrons. The van der Waals surface area contributed by atoms with Crippen LogP contribution in [0.5, 0.6) is 0 Å². The second-order valence-electron chi connectivity index (χ2n) is 4.85. The summed E-state index contributed by atoms with van der Waals surface area (Å²) in [6.45, 7) is 4.06. The first-order valence-corrected chi connectivity index (χ1v) is 7.40. The number of benzene rings is 2. The maximum Gasteiger partial charge on any atom is 0.0900 e. The summed E-state index contributed by atoms with van der Waals surface area (Å²) in [4.78, 5) is 5.69. The molecule has 3 nitrogen and oxygen atoms in total. The summed E-state index contributed by atoms with van der Waals surface area (Å²) in [7, 11) is 0. The molecular formula is C16H17N3S. The number of rotatable bonds is 3. The second kappa shape index (κ2) is 5.32. The van der Waals surface area contributed by atoms with E-state index in [2.05, 4.69) is 52.9 Å². The molecule has 1 aromatic heterocycles. The Hall–Kier alpha value is -1.75. The molecule has 0 aliphatic heterocycles. The Kier molecular flexibility index (Phi) is 3.53. The number of hydrogen-bond donors (Lipinski definition) is 2. The van der Waals surface area contributed by atoms with Crippen LogP contribution in [-0.4, -0.2) is 4.98 Å². The molecule has 0 bridgehead atoms. The number of aromatic nitrogens is 1. The number of nitrogens with zero attached hydrogens (tertiary/aromatic N) is 1. The quantitative estimate of drug-likeness (QED) is 0.571. The lowest BCUT2D eigenvalue weighted by atomic mass is 9.97. The van der Waals surface area contributed by atoms with Crippen LogP contribution in [0.3, 0.4) is 0 Å². The molecule has 0 saturated heterocycles. The van der Waals surface area contributed by atoms with Crippen molar-refractivity contribution in [3.8, 4) is 0 Å². The van der Waals surface area contributed by atoms with E-state index in [9.17, 15) is 0 Å². The second-order valence-corrected chi connectivity index (χ2v) is 6.09. The molecule has 3 aromatic rings. The molecule has 0 amide bonds. The number of nitrogens with two attached hydrogens (primary N) is 1. The van der Waals surface area contributed by atoms with Crippen LogP contribution >= 0.6 is 11.3 Å². The largest absolute Gasteiger partial charge is 0.271 e. The Labute approximate surface area is 122 Å². The maximum atomic E-state index is 5.83. The fraction of sp³-hybridized carbons (Fsp3) is 0.188. The van der Waals surface area contributed by atoms with E-state index < -0.39 is 0 Å². The summed E-state index contributed by atoms with van der Waals surface area (Å²) in [5.74, 6) is 5.83. The van der Waals surface area contributed by atoms with Crippen LogP contribution in [0.2, 0.25) is 0 Å². The fourth-order valence-corrected chi connectivity index (χ4v) is 3.63. The van der Waals surface area contributed by atoms with Gasteiger partial charge < -0.3 is 0 Å². The number of nitrogens with one attached hydrogen (secondary N) is 1. The third-order valence-corrected chi connectivity index (χ3v) is 4.64. The van der Waals surface area contributed by atoms with Gasteiger partial charge in [-0.25, -0.2) is 10.4 Å². The molecule has 0 spiro atoms. The highest BCUT2D eigenvalue weighted by Crippen LogP contribution is 2.33. The Morgan fingerprint density at radius 2 is 1.85 bits per heavy atom. The van der Waals surface area contributed by atoms with E-state index in [0.29, 0.717) is 0 Å². The van der Waals surface area contributed by atoms with E-state index in [0.717, 1.165) is 10.7 Å². The molecule has 20 heavy (non-hydrogen) atoms. The standard InChI is InChI=1S/C16H17N3S/c1-10-16(20-11(2)18-10)15(19-17)14-9-5-7-12-6-3-4-8-13(12)14/h3-9,15,19H,17H2,1-2H3. The number of aryl methyl sites for hydroxylation is 2. The van der Waals surface area contributed by atoms with Gasteiger partial charge in [-0.2, -0.15) is 0 Å². The van der Waals surface area contributed by atoms with Crippen molar-refractivity contribution in [2.75, 3.05) is 0 Å². The lowest BCUT2D eigenvalue weighted by Crippen LogP contribution is -2.28. The maximum absolute atomic E-state index is 5.83. The van der Waals surface area contributed by atoms with E-state index in [1.54, 1.807) is 11.3 Å². The van der Waals surface area contributed by atoms with Gasteiger partial charge in [-0.3, -0.25) is 5.84 Å². The summed E-state index contributed by atoms with van der Waals surface area (Å²) < 4.78 is 0. The summed E-state index contributed by atoms with van der Waals surface area (Å²) in [6.07, 6.45) is 0. The minimum absolute atomic E-state index is 0.0210. The van der Waals surface area contributed by atoms with E-state index in [4.69, 9.17) is 5.84 Å². The normalized spacial score (nSPS) is 12.8. The monoisotopic (exact) mass is 283 g/mol. The molecule has 4 heteroatoms. The van der Waals surface area contributed by atoms with E-state index >= 15 is 0 Å². The number of hydrogen-bond acceptors (Lipinski definition) is 4. The molecule has 0 aliphatic carbocycles. The number of hydrazine groups is 1. The Bertz CT molecular complexity index is 743. The molecule has 102 valence electrons. The van der Waals surface area contributed by atoms with Crippen molar-refractivity contribution >= 4 is 22.1 Å². The van der Waals surface area contributed by atoms with Gasteiger partial charge in [0.25, 0.3) is 0 Å². The highest BCUT2D eigenvalue weighted by molar-refractivity contribution is 7.11. The number of fused-ring (bicyclic) bond motifs is 1. The van der Waals surface area contributed by atoms with Crippen LogP contribution in [0.15, 0.2) is 42.5 Å². The zero-order valence-electron chi connectivity index (χ0n) is 11.6. The van der Waals surface area contributed by atoms with Gasteiger partial charge in [0.05, 0.1) is 21.6 Å². The van der Waals surface area contributed by atoms with Crippen molar-refractivity contribution in [1.82, 2.24) is 10.4 Å². The van der Waals surface area contributed by atoms with Gasteiger partial charge in [-0.15, -0.1) is 11.3 Å². The first-order valence-electron chi connectivity index (χ1n) is 6.58. The molecule has 2 aromatic carbocycles. The SMILES string of the molecule is Cc1nc(C)c(C(NN)c2cccc3ccccc23)s1. The lowest BCUT2D eigenvalue weighted by molar-refractivity contribution is 0.646. The van der Waals surface area contributed by atoms with Gasteiger partial charge in [0.15, 0.2) is 0 Å². The average molecular weight is 283 g/mol. The van der Waals surface area contributed by atoms with Crippen LogP contribution in [0.4, 0.5) is 0 Å². The third-order valence-electron chi connectivity index (χ3n) is 3.50. The Balaban J connectivity index is 2.19. The molecule has 3 N–H and O–H groups in total. The molecule has 0 saturated carbocycles. The zero-order valence-corrected chi connectivity index (χ0v) is 12.4. The third kappa shape index (κ3) is 2.22. The van der Waals surface area contributed by atoms with Gasteiger partial charge in [0.2, 0.25) is 0 Å². The molecule has 1 atom stereocenters. The predicted molar refractivity (Wildman–Crippen MR) is 84.7 cm³/mol. The highest BCUT2D eigenvalue weighted by Gasteiger charge is 2.19. The van der Waals surface area contributed by atoms with Crippen molar-refractivity contribution in [3.63, 3.8) is 0 Å². The Morgan fingerprint density at radius 1 is 1.10 bits per heavy atom. The molecule has 0 fully saturated rings. The van der Waals surface area contributed by atoms with E-state index in [1.807, 2.05) is 13.8 Å². The number of thiazole rings is 1. The van der Waals surface area contributed by atoms with E-state index in [1.165, 1.54) is 21.2 Å². The van der Waals surface area contributed by atoms with Crippen molar-refractivity contribution in [3.05, 3.63) is 63.6 Å². The van der Waals surface area contributed by atoms with Crippen LogP contribution in [0.25, 0.3) is 10.8 Å². The van der Waals surface area contributed by atoms with Gasteiger partial charge in [0, 0.05) is 0 Å². The average Bonchev–Trinajstić information content (AvgIpc) is 2.79. The Morgan fingerprint density at radius 3 is 2.55 bits per heavy atom. The van der Waals surface area contributed by atoms with Crippen molar-refractivity contribution in [2.45, 2.75) is 19.9 Å². The van der Waals surface area contributed by atoms with Crippen molar-refractivity contribution < 1.29 is 0 Å². The summed E-state index contributed by atoms with van der Waals surface area (Å²) in [6, 6.07) is 14.7. The minimum Gasteiger partial charge on any atom is -0.271 e. The first-order chi connectivity index (χ1) is 9.70. The first kappa shape index (κ1) is 13.2. The van der Waals surface area contributed by atoms with Crippen LogP contribution < -0.4 is 11.3 Å². The predicted octanol–water partition coefficient (Wildman–Crippen LogP) is 3.47. The molecular weight excluding hydrogens is 266 g/mol. The topological polar surface area (TPSA) is 50.9 Å². The van der Waals surface area contributed by atoms with Crippen LogP contribution in [0, 0.1) is 13.8 Å². The smallest absolute Gasteiger partial charge is 0.0900 e. The van der Waals surface area contributed by atoms with Crippen molar-refractivity contribution in [1.29, 1.82) is 0 Å². The summed E-state index contributed by atoms with van der Waals surface area (Å²) in [5, 5.41) is 3.52. The zero-order chi connectivity index (χ0) is 14.1. The molecule has 1 heterocycles. The van der Waals surface area contributed by atoms with Crippen LogP contribution in [0.1, 0.15) is 27.2 Å². The summed E-state index contributed by atoms with van der Waals surface area (Å²) >= 11 is 1.70. The lowest BCUT2D eigenvalue weighted by Gasteiger charge is -2.17. The van der Waals surface area contributed by atoms with Crippen LogP contribution in [-0.2, 0) is 0 Å². The minimum atomic E-state index is -0.0210. The molecule has 3 rings (SSSR count). The van der Waals surface area contributed by atoms with E-state index in [-0.39, 0.29) is 6.04 Å². The molecule has 0 aliphatic rings. The summed E-state index contributed by atoms with van der Waals surface area (Å²) in [5.41, 5.74) is 5.19. The van der Waals surface area contributed by atoms with Gasteiger partial charge in [0.1, 0.15) is 0 Å². The molecule has 1 unspecified atom stereocenters. The van der Waals surface area contributed by atoms with Crippen molar-refractivity contribution in [2.24, 2.45) is 5.84 Å². The van der Waals surface area contributed by atoms with Gasteiger partial charge in [-0.1, -0.05) is 42.5 Å². The highest BCUT2D eigenvalue weighted by atomic mass is 32.1. The van der Waals surface area contributed by atoms with Gasteiger partial charge >= 0.3 is 0 Å².